The minimum Gasteiger partial charge on any atom is -0.415 e. The fourth-order valence-electron chi connectivity index (χ4n) is 3.41. The highest BCUT2D eigenvalue weighted by Crippen LogP contribution is 2.28. The summed E-state index contributed by atoms with van der Waals surface area (Å²) in [5, 5.41) is 24.5. The van der Waals surface area contributed by atoms with Crippen LogP contribution in [0.3, 0.4) is 0 Å². The predicted molar refractivity (Wildman–Crippen MR) is 123 cm³/mol. The van der Waals surface area contributed by atoms with Gasteiger partial charge in [-0.15, -0.1) is 10.2 Å². The van der Waals surface area contributed by atoms with Crippen LogP contribution in [-0.2, 0) is 5.41 Å². The first kappa shape index (κ1) is 20.7. The molecule has 1 aliphatic rings. The zero-order valence-electron chi connectivity index (χ0n) is 18.3. The van der Waals surface area contributed by atoms with Crippen molar-refractivity contribution in [2.75, 3.05) is 18.4 Å². The molecular weight excluding hydrogens is 416 g/mol. The van der Waals surface area contributed by atoms with Gasteiger partial charge in [0.1, 0.15) is 5.69 Å². The second kappa shape index (κ2) is 8.41. The quantitative estimate of drug-likeness (QED) is 0.465. The van der Waals surface area contributed by atoms with E-state index in [0.717, 1.165) is 29.9 Å². The number of aromatic nitrogens is 5. The molecule has 0 radical (unpaired) electrons. The third-order valence-corrected chi connectivity index (χ3v) is 5.52. The summed E-state index contributed by atoms with van der Waals surface area (Å²) in [5.41, 5.74) is 3.70. The molecule has 3 aromatic heterocycles. The topological polar surface area (TPSA) is 125 Å². The van der Waals surface area contributed by atoms with Crippen LogP contribution in [0.5, 0.6) is 0 Å². The van der Waals surface area contributed by atoms with Crippen LogP contribution in [0.15, 0.2) is 59.4 Å². The van der Waals surface area contributed by atoms with Crippen molar-refractivity contribution in [3.8, 4) is 40.4 Å². The Labute approximate surface area is 191 Å². The van der Waals surface area contributed by atoms with Crippen LogP contribution in [0.2, 0.25) is 0 Å². The average molecular weight is 438 g/mol. The lowest BCUT2D eigenvalue weighted by atomic mass is 9.90. The Morgan fingerprint density at radius 3 is 2.67 bits per heavy atom. The van der Waals surface area contributed by atoms with Gasteiger partial charge in [-0.25, -0.2) is 4.98 Å². The highest BCUT2D eigenvalue weighted by molar-refractivity contribution is 5.64. The van der Waals surface area contributed by atoms with E-state index in [1.54, 1.807) is 18.6 Å². The van der Waals surface area contributed by atoms with Gasteiger partial charge in [-0.1, -0.05) is 6.07 Å². The Hall–Kier alpha value is -4.16. The van der Waals surface area contributed by atoms with Crippen molar-refractivity contribution in [1.82, 2.24) is 30.5 Å². The number of anilines is 1. The Morgan fingerprint density at radius 1 is 1.06 bits per heavy atom. The Balaban J connectivity index is 1.41. The van der Waals surface area contributed by atoms with Crippen molar-refractivity contribution in [1.29, 1.82) is 5.26 Å². The van der Waals surface area contributed by atoms with Crippen LogP contribution in [-0.4, -0.2) is 44.3 Å². The normalized spacial score (nSPS) is 13.8. The molecule has 0 unspecified atom stereocenters. The summed E-state index contributed by atoms with van der Waals surface area (Å²) in [6.07, 6.45) is 4.91. The van der Waals surface area contributed by atoms with Gasteiger partial charge in [-0.3, -0.25) is 9.97 Å². The number of nitrogens with one attached hydrogen (secondary N) is 2. The largest absolute Gasteiger partial charge is 0.415 e. The maximum Gasteiger partial charge on any atom is 0.268 e. The van der Waals surface area contributed by atoms with E-state index in [1.807, 2.05) is 50.2 Å². The van der Waals surface area contributed by atoms with Crippen LogP contribution in [0.1, 0.15) is 19.5 Å². The predicted octanol–water partition coefficient (Wildman–Crippen LogP) is 3.44. The average Bonchev–Trinajstić information content (AvgIpc) is 3.32. The molecule has 0 bridgehead atoms. The number of hydrogen-bond donors (Lipinski definition) is 2. The number of pyridine rings is 1. The van der Waals surface area contributed by atoms with Gasteiger partial charge < -0.3 is 15.1 Å². The molecule has 0 atom stereocenters. The minimum atomic E-state index is -0.707. The second-order valence-electron chi connectivity index (χ2n) is 8.45. The first-order valence-corrected chi connectivity index (χ1v) is 10.6. The second-order valence-corrected chi connectivity index (χ2v) is 8.45. The molecule has 4 heterocycles. The van der Waals surface area contributed by atoms with E-state index in [4.69, 9.17) is 4.42 Å². The summed E-state index contributed by atoms with van der Waals surface area (Å²) in [5.74, 6) is 0.696. The van der Waals surface area contributed by atoms with Gasteiger partial charge in [-0.2, -0.15) is 5.26 Å². The number of nitriles is 1. The van der Waals surface area contributed by atoms with Gasteiger partial charge >= 0.3 is 0 Å². The van der Waals surface area contributed by atoms with Crippen LogP contribution in [0, 0.1) is 11.3 Å². The highest BCUT2D eigenvalue weighted by Gasteiger charge is 2.22. The fraction of sp³-hybridized carbons (Fsp3) is 0.250. The Bertz CT molecular complexity index is 1340. The molecule has 5 rings (SSSR count). The van der Waals surface area contributed by atoms with Crippen molar-refractivity contribution >= 4 is 5.69 Å². The summed E-state index contributed by atoms with van der Waals surface area (Å²) in [7, 11) is 0. The molecule has 0 aliphatic carbocycles. The van der Waals surface area contributed by atoms with E-state index in [-0.39, 0.29) is 5.89 Å². The number of hydrogen-bond acceptors (Lipinski definition) is 9. The van der Waals surface area contributed by atoms with Crippen molar-refractivity contribution in [2.45, 2.75) is 25.3 Å². The van der Waals surface area contributed by atoms with E-state index in [0.29, 0.717) is 29.0 Å². The molecule has 0 amide bonds. The summed E-state index contributed by atoms with van der Waals surface area (Å²) >= 11 is 0. The molecule has 4 aromatic rings. The lowest BCUT2D eigenvalue weighted by Gasteiger charge is -2.29. The van der Waals surface area contributed by atoms with Gasteiger partial charge in [-0.05, 0) is 44.2 Å². The molecule has 164 valence electrons. The summed E-state index contributed by atoms with van der Waals surface area (Å²) in [6, 6.07) is 14.3. The molecule has 0 saturated carbocycles. The first-order valence-electron chi connectivity index (χ1n) is 10.6. The van der Waals surface area contributed by atoms with Gasteiger partial charge in [0.05, 0.1) is 41.3 Å². The van der Waals surface area contributed by atoms with Gasteiger partial charge in [0.2, 0.25) is 5.89 Å². The highest BCUT2D eigenvalue weighted by atomic mass is 16.4. The zero-order chi connectivity index (χ0) is 22.8. The first-order chi connectivity index (χ1) is 16.0. The monoisotopic (exact) mass is 438 g/mol. The van der Waals surface area contributed by atoms with E-state index < -0.39 is 5.41 Å². The lowest BCUT2D eigenvalue weighted by molar-refractivity contribution is 0.472. The maximum absolute atomic E-state index is 9.42. The molecule has 1 fully saturated rings. The third-order valence-electron chi connectivity index (χ3n) is 5.52. The zero-order valence-corrected chi connectivity index (χ0v) is 18.3. The number of benzene rings is 1. The van der Waals surface area contributed by atoms with E-state index in [2.05, 4.69) is 41.9 Å². The Morgan fingerprint density at radius 2 is 1.88 bits per heavy atom. The molecule has 33 heavy (non-hydrogen) atoms. The lowest BCUT2D eigenvalue weighted by Crippen LogP contribution is -2.51. The van der Waals surface area contributed by atoms with Crippen LogP contribution in [0.4, 0.5) is 5.69 Å². The van der Waals surface area contributed by atoms with Gasteiger partial charge in [0.15, 0.2) is 0 Å². The van der Waals surface area contributed by atoms with Crippen LogP contribution in [0.25, 0.3) is 34.3 Å². The van der Waals surface area contributed by atoms with E-state index >= 15 is 0 Å². The van der Waals surface area contributed by atoms with Crippen molar-refractivity contribution in [3.05, 3.63) is 60.7 Å². The van der Waals surface area contributed by atoms with Crippen LogP contribution < -0.4 is 10.6 Å². The molecule has 2 N–H and O–H groups in total. The molecule has 9 nitrogen and oxygen atoms in total. The summed E-state index contributed by atoms with van der Waals surface area (Å²) in [6.45, 7) is 5.57. The smallest absolute Gasteiger partial charge is 0.268 e. The molecule has 1 aromatic carbocycles. The number of nitrogens with zero attached hydrogens (tertiary/aromatic N) is 6. The van der Waals surface area contributed by atoms with E-state index in [1.165, 1.54) is 0 Å². The standard InChI is InChI=1S/C24H22N8O/c1-24(2,14-25)21-9-15(6-7-28-21)19-12-27-13-20(30-19)23-32-31-22(33-23)16-4-3-5-17(8-16)29-18-10-26-11-18/h3-9,12-13,18,26,29H,10-11H2,1-2H3. The molecule has 1 saturated heterocycles. The molecule has 0 spiro atoms. The molecule has 1 aliphatic heterocycles. The molecule has 9 heteroatoms. The molecular formula is C24H22N8O. The third kappa shape index (κ3) is 4.29. The number of rotatable bonds is 6. The van der Waals surface area contributed by atoms with Gasteiger partial charge in [0, 0.05) is 36.1 Å². The summed E-state index contributed by atoms with van der Waals surface area (Å²) in [4.78, 5) is 13.3. The van der Waals surface area contributed by atoms with Crippen molar-refractivity contribution in [3.63, 3.8) is 0 Å². The fourth-order valence-corrected chi connectivity index (χ4v) is 3.41. The minimum absolute atomic E-state index is 0.285. The van der Waals surface area contributed by atoms with Gasteiger partial charge in [0.25, 0.3) is 5.89 Å². The Kier molecular flexibility index (Phi) is 5.28. The SMILES string of the molecule is CC(C)(C#N)c1cc(-c2cncc(-c3nnc(-c4cccc(NC5CNC5)c4)o3)n2)ccn1. The maximum atomic E-state index is 9.42. The van der Waals surface area contributed by atoms with Crippen molar-refractivity contribution < 1.29 is 4.42 Å². The van der Waals surface area contributed by atoms with Crippen molar-refractivity contribution in [2.24, 2.45) is 0 Å². The van der Waals surface area contributed by atoms with Crippen LogP contribution >= 0.6 is 0 Å². The van der Waals surface area contributed by atoms with E-state index in [9.17, 15) is 5.26 Å². The summed E-state index contributed by atoms with van der Waals surface area (Å²) < 4.78 is 5.92.